The van der Waals surface area contributed by atoms with Gasteiger partial charge in [-0.1, -0.05) is 0 Å². The predicted octanol–water partition coefficient (Wildman–Crippen LogP) is 0.730. The van der Waals surface area contributed by atoms with Crippen LogP contribution in [0.25, 0.3) is 5.52 Å². The first kappa shape index (κ1) is 11.6. The van der Waals surface area contributed by atoms with Crippen molar-refractivity contribution in [3.63, 3.8) is 0 Å². The van der Waals surface area contributed by atoms with Gasteiger partial charge in [0.2, 0.25) is 0 Å². The number of carboxylic acids is 1. The third-order valence-corrected chi connectivity index (χ3v) is 3.85. The Kier molecular flexibility index (Phi) is 2.27. The van der Waals surface area contributed by atoms with E-state index in [0.29, 0.717) is 23.2 Å². The average molecular weight is 274 g/mol. The van der Waals surface area contributed by atoms with Crippen LogP contribution in [-0.4, -0.2) is 30.5 Å². The molecular formula is C13H14N4O3. The van der Waals surface area contributed by atoms with Gasteiger partial charge in [-0.25, -0.2) is 9.20 Å². The van der Waals surface area contributed by atoms with Gasteiger partial charge >= 0.3 is 5.97 Å². The maximum atomic E-state index is 12.3. The summed E-state index contributed by atoms with van der Waals surface area (Å²) in [5, 5.41) is 17.6. The molecule has 4 rings (SSSR count). The lowest BCUT2D eigenvalue weighted by molar-refractivity contribution is -0.138. The zero-order valence-electron chi connectivity index (χ0n) is 10.8. The monoisotopic (exact) mass is 274 g/mol. The third kappa shape index (κ3) is 1.81. The lowest BCUT2D eigenvalue weighted by Gasteiger charge is -2.06. The lowest BCUT2D eigenvalue weighted by atomic mass is 10.3. The molecule has 0 bridgehead atoms. The van der Waals surface area contributed by atoms with Crippen LogP contribution >= 0.6 is 0 Å². The second-order valence-electron chi connectivity index (χ2n) is 5.63. The van der Waals surface area contributed by atoms with Gasteiger partial charge in [0.15, 0.2) is 5.82 Å². The Hall–Kier alpha value is -2.18. The van der Waals surface area contributed by atoms with Crippen LogP contribution in [0.4, 0.5) is 0 Å². The molecule has 2 aliphatic rings. The van der Waals surface area contributed by atoms with Gasteiger partial charge in [0.1, 0.15) is 12.1 Å². The molecule has 2 heterocycles. The summed E-state index contributed by atoms with van der Waals surface area (Å²) in [6.07, 6.45) is 4.26. The molecule has 0 aromatic carbocycles. The van der Waals surface area contributed by atoms with Crippen LogP contribution in [0, 0.1) is 0 Å². The molecular weight excluding hydrogens is 260 g/mol. The van der Waals surface area contributed by atoms with Gasteiger partial charge in [-0.2, -0.15) is 10.2 Å². The first-order chi connectivity index (χ1) is 9.63. The Balaban J connectivity index is 1.94. The smallest absolute Gasteiger partial charge is 0.325 e. The number of hydrogen-bond donors (Lipinski definition) is 1. The molecule has 0 unspecified atom stereocenters. The van der Waals surface area contributed by atoms with Crippen molar-refractivity contribution in [1.82, 2.24) is 19.4 Å². The SMILES string of the molecule is O=C(O)Cn1nc(C2CC2)n2nc(C3CC3)cc2c1=O. The fourth-order valence-corrected chi connectivity index (χ4v) is 2.48. The zero-order valence-corrected chi connectivity index (χ0v) is 10.8. The Labute approximate surface area is 113 Å². The highest BCUT2D eigenvalue weighted by atomic mass is 16.4. The minimum atomic E-state index is -1.06. The van der Waals surface area contributed by atoms with E-state index in [1.165, 1.54) is 0 Å². The van der Waals surface area contributed by atoms with E-state index < -0.39 is 12.5 Å². The summed E-state index contributed by atoms with van der Waals surface area (Å²) in [7, 11) is 0. The fraction of sp³-hybridized carbons (Fsp3) is 0.538. The van der Waals surface area contributed by atoms with E-state index in [0.717, 1.165) is 36.1 Å². The molecule has 0 amide bonds. The van der Waals surface area contributed by atoms with Crippen LogP contribution in [0.2, 0.25) is 0 Å². The van der Waals surface area contributed by atoms with E-state index in [4.69, 9.17) is 5.11 Å². The van der Waals surface area contributed by atoms with Crippen molar-refractivity contribution in [1.29, 1.82) is 0 Å². The first-order valence-electron chi connectivity index (χ1n) is 6.86. The molecule has 2 aliphatic carbocycles. The van der Waals surface area contributed by atoms with Gasteiger partial charge in [-0.05, 0) is 31.7 Å². The molecule has 0 spiro atoms. The maximum Gasteiger partial charge on any atom is 0.325 e. The number of hydrogen-bond acceptors (Lipinski definition) is 4. The quantitative estimate of drug-likeness (QED) is 0.887. The molecule has 0 atom stereocenters. The number of rotatable bonds is 4. The van der Waals surface area contributed by atoms with Crippen molar-refractivity contribution in [2.24, 2.45) is 0 Å². The minimum Gasteiger partial charge on any atom is -0.480 e. The molecule has 2 aromatic heterocycles. The molecule has 0 saturated heterocycles. The molecule has 2 aromatic rings. The van der Waals surface area contributed by atoms with Crippen molar-refractivity contribution < 1.29 is 9.90 Å². The number of carboxylic acid groups (broad SMARTS) is 1. The topological polar surface area (TPSA) is 89.5 Å². The number of nitrogens with zero attached hydrogens (tertiary/aromatic N) is 4. The Bertz CT molecular complexity index is 768. The summed E-state index contributed by atoms with van der Waals surface area (Å²) in [5.74, 6) is 0.403. The van der Waals surface area contributed by atoms with Crippen LogP contribution in [0.1, 0.15) is 49.0 Å². The highest BCUT2D eigenvalue weighted by molar-refractivity contribution is 5.66. The summed E-state index contributed by atoms with van der Waals surface area (Å²) in [4.78, 5) is 23.1. The van der Waals surface area contributed by atoms with Crippen molar-refractivity contribution in [2.75, 3.05) is 0 Å². The van der Waals surface area contributed by atoms with Crippen molar-refractivity contribution in [3.05, 3.63) is 27.9 Å². The van der Waals surface area contributed by atoms with E-state index in [1.54, 1.807) is 10.6 Å². The van der Waals surface area contributed by atoms with E-state index in [-0.39, 0.29) is 5.56 Å². The van der Waals surface area contributed by atoms with Crippen LogP contribution in [0.5, 0.6) is 0 Å². The predicted molar refractivity (Wildman–Crippen MR) is 68.8 cm³/mol. The van der Waals surface area contributed by atoms with E-state index in [1.807, 2.05) is 0 Å². The van der Waals surface area contributed by atoms with Crippen molar-refractivity contribution in [3.8, 4) is 0 Å². The summed E-state index contributed by atoms with van der Waals surface area (Å²) >= 11 is 0. The van der Waals surface area contributed by atoms with E-state index in [2.05, 4.69) is 10.2 Å². The van der Waals surface area contributed by atoms with Gasteiger partial charge < -0.3 is 5.11 Å². The highest BCUT2D eigenvalue weighted by Gasteiger charge is 2.32. The Morgan fingerprint density at radius 1 is 1.25 bits per heavy atom. The first-order valence-corrected chi connectivity index (χ1v) is 6.86. The van der Waals surface area contributed by atoms with Gasteiger partial charge in [0.25, 0.3) is 5.56 Å². The third-order valence-electron chi connectivity index (χ3n) is 3.85. The molecule has 7 heteroatoms. The molecule has 104 valence electrons. The lowest BCUT2D eigenvalue weighted by Crippen LogP contribution is -2.30. The summed E-state index contributed by atoms with van der Waals surface area (Å²) < 4.78 is 2.68. The van der Waals surface area contributed by atoms with E-state index in [9.17, 15) is 9.59 Å². The van der Waals surface area contributed by atoms with Gasteiger partial charge in [0, 0.05) is 11.8 Å². The molecule has 0 aliphatic heterocycles. The largest absolute Gasteiger partial charge is 0.480 e. The normalized spacial score (nSPS) is 18.6. The van der Waals surface area contributed by atoms with Crippen LogP contribution < -0.4 is 5.56 Å². The molecule has 2 fully saturated rings. The number of aliphatic carboxylic acids is 1. The standard InChI is InChI=1S/C13H14N4O3/c18-11(19)6-16-13(20)10-5-9(7-1-2-7)14-17(10)12(15-16)8-3-4-8/h5,7-8H,1-4,6H2,(H,18,19). The second kappa shape index (κ2) is 3.91. The van der Waals surface area contributed by atoms with Crippen LogP contribution in [0.15, 0.2) is 10.9 Å². The van der Waals surface area contributed by atoms with Crippen LogP contribution in [0.3, 0.4) is 0 Å². The summed E-state index contributed by atoms with van der Waals surface area (Å²) in [5.41, 5.74) is 1.00. The van der Waals surface area contributed by atoms with Crippen LogP contribution in [-0.2, 0) is 11.3 Å². The van der Waals surface area contributed by atoms with E-state index >= 15 is 0 Å². The summed E-state index contributed by atoms with van der Waals surface area (Å²) in [6, 6.07) is 1.80. The van der Waals surface area contributed by atoms with Gasteiger partial charge in [-0.15, -0.1) is 0 Å². The molecule has 20 heavy (non-hydrogen) atoms. The van der Waals surface area contributed by atoms with Crippen molar-refractivity contribution >= 4 is 11.5 Å². The minimum absolute atomic E-state index is 0.296. The maximum absolute atomic E-state index is 12.3. The molecule has 2 saturated carbocycles. The Morgan fingerprint density at radius 2 is 1.95 bits per heavy atom. The number of aromatic nitrogens is 4. The molecule has 1 N–H and O–H groups in total. The summed E-state index contributed by atoms with van der Waals surface area (Å²) in [6.45, 7) is -0.404. The number of carbonyl (C=O) groups is 1. The molecule has 0 radical (unpaired) electrons. The fourth-order valence-electron chi connectivity index (χ4n) is 2.48. The van der Waals surface area contributed by atoms with Crippen molar-refractivity contribution in [2.45, 2.75) is 44.1 Å². The van der Waals surface area contributed by atoms with Gasteiger partial charge in [-0.3, -0.25) is 9.59 Å². The molecule has 7 nitrogen and oxygen atoms in total. The van der Waals surface area contributed by atoms with Gasteiger partial charge in [0.05, 0.1) is 5.69 Å². The number of fused-ring (bicyclic) bond motifs is 1. The zero-order chi connectivity index (χ0) is 13.9. The Morgan fingerprint density at radius 3 is 2.55 bits per heavy atom. The average Bonchev–Trinajstić information content (AvgIpc) is 3.29. The second-order valence-corrected chi connectivity index (χ2v) is 5.63. The highest BCUT2D eigenvalue weighted by Crippen LogP contribution is 2.41.